The van der Waals surface area contributed by atoms with Gasteiger partial charge in [-0.25, -0.2) is 0 Å². The van der Waals surface area contributed by atoms with Crippen molar-refractivity contribution in [3.63, 3.8) is 0 Å². The van der Waals surface area contributed by atoms with Crippen LogP contribution in [-0.2, 0) is 0 Å². The van der Waals surface area contributed by atoms with Crippen molar-refractivity contribution in [2.75, 3.05) is 13.1 Å². The molecular weight excluding hydrogens is 170 g/mol. The van der Waals surface area contributed by atoms with Crippen molar-refractivity contribution in [2.24, 2.45) is 11.8 Å². The van der Waals surface area contributed by atoms with E-state index >= 15 is 0 Å². The Kier molecular flexibility index (Phi) is 2.21. The molecule has 0 radical (unpaired) electrons. The second-order valence-corrected chi connectivity index (χ2v) is 4.97. The molecule has 0 spiro atoms. The number of hydrogen-bond acceptors (Lipinski definition) is 1. The van der Waals surface area contributed by atoms with Crippen molar-refractivity contribution in [2.45, 2.75) is 31.7 Å². The molecule has 1 saturated heterocycles. The van der Waals surface area contributed by atoms with Crippen molar-refractivity contribution in [1.29, 1.82) is 0 Å². The number of hydrogen-bond donors (Lipinski definition) is 0. The van der Waals surface area contributed by atoms with Gasteiger partial charge in [0.2, 0.25) is 0 Å². The Morgan fingerprint density at radius 1 is 0.857 bits per heavy atom. The smallest absolute Gasteiger partial charge is 0.0107 e. The summed E-state index contributed by atoms with van der Waals surface area (Å²) in [5.41, 5.74) is 0. The molecule has 14 heavy (non-hydrogen) atoms. The first-order valence-corrected chi connectivity index (χ1v) is 6.02. The van der Waals surface area contributed by atoms with E-state index in [-0.39, 0.29) is 0 Å². The lowest BCUT2D eigenvalue weighted by Gasteiger charge is -2.22. The van der Waals surface area contributed by atoms with Crippen LogP contribution in [-0.4, -0.2) is 24.0 Å². The molecular formula is C13H19N. The minimum Gasteiger partial charge on any atom is -0.300 e. The van der Waals surface area contributed by atoms with Gasteiger partial charge in [0, 0.05) is 6.04 Å². The van der Waals surface area contributed by atoms with Gasteiger partial charge in [-0.2, -0.15) is 0 Å². The summed E-state index contributed by atoms with van der Waals surface area (Å²) >= 11 is 0. The molecule has 1 heteroatoms. The zero-order chi connectivity index (χ0) is 9.38. The second kappa shape index (κ2) is 3.54. The van der Waals surface area contributed by atoms with E-state index < -0.39 is 0 Å². The fraction of sp³-hybridized carbons (Fsp3) is 0.692. The minimum atomic E-state index is 0.852. The predicted molar refractivity (Wildman–Crippen MR) is 59.1 cm³/mol. The molecule has 1 nitrogen and oxygen atoms in total. The molecule has 2 fully saturated rings. The molecule has 1 saturated carbocycles. The zero-order valence-corrected chi connectivity index (χ0v) is 8.73. The first kappa shape index (κ1) is 8.72. The quantitative estimate of drug-likeness (QED) is 0.613. The molecule has 2 unspecified atom stereocenters. The van der Waals surface area contributed by atoms with Gasteiger partial charge in [0.05, 0.1) is 0 Å². The van der Waals surface area contributed by atoms with Gasteiger partial charge in [0.1, 0.15) is 0 Å². The lowest BCUT2D eigenvalue weighted by Crippen LogP contribution is -2.30. The summed E-state index contributed by atoms with van der Waals surface area (Å²) < 4.78 is 0. The van der Waals surface area contributed by atoms with Crippen LogP contribution in [0.1, 0.15) is 25.7 Å². The van der Waals surface area contributed by atoms with E-state index in [1.165, 1.54) is 38.8 Å². The number of rotatable bonds is 1. The largest absolute Gasteiger partial charge is 0.300 e. The van der Waals surface area contributed by atoms with Crippen LogP contribution in [0.25, 0.3) is 0 Å². The molecule has 76 valence electrons. The van der Waals surface area contributed by atoms with Crippen LogP contribution in [0, 0.1) is 11.8 Å². The van der Waals surface area contributed by atoms with Gasteiger partial charge < -0.3 is 4.90 Å². The third kappa shape index (κ3) is 1.44. The van der Waals surface area contributed by atoms with Crippen LogP contribution in [0.5, 0.6) is 0 Å². The van der Waals surface area contributed by atoms with Crippen LogP contribution in [0.2, 0.25) is 0 Å². The van der Waals surface area contributed by atoms with Gasteiger partial charge in [0.25, 0.3) is 0 Å². The molecule has 3 rings (SSSR count). The standard InChI is InChI=1S/C13H19N/c1-2-6-12-10-13(9-11(12)5-1)14-7-3-4-8-14/h1-2,5-6,11-13H,3-4,7-10H2. The summed E-state index contributed by atoms with van der Waals surface area (Å²) in [5.74, 6) is 1.70. The molecule has 0 N–H and O–H groups in total. The molecule has 2 aliphatic carbocycles. The van der Waals surface area contributed by atoms with Crippen molar-refractivity contribution in [3.05, 3.63) is 24.3 Å². The average Bonchev–Trinajstić information content (AvgIpc) is 2.86. The lowest BCUT2D eigenvalue weighted by molar-refractivity contribution is 0.242. The molecule has 1 heterocycles. The van der Waals surface area contributed by atoms with E-state index in [1.54, 1.807) is 0 Å². The van der Waals surface area contributed by atoms with E-state index in [0.717, 1.165) is 17.9 Å². The third-order valence-electron chi connectivity index (χ3n) is 4.12. The highest BCUT2D eigenvalue weighted by atomic mass is 15.2. The summed E-state index contributed by atoms with van der Waals surface area (Å²) in [4.78, 5) is 2.72. The van der Waals surface area contributed by atoms with Crippen molar-refractivity contribution in [3.8, 4) is 0 Å². The Balaban J connectivity index is 1.68. The fourth-order valence-electron chi connectivity index (χ4n) is 3.34. The first-order chi connectivity index (χ1) is 6.93. The molecule has 3 aliphatic rings. The number of nitrogens with zero attached hydrogens (tertiary/aromatic N) is 1. The molecule has 0 aromatic heterocycles. The number of allylic oxidation sites excluding steroid dienone is 4. The summed E-state index contributed by atoms with van der Waals surface area (Å²) in [6.45, 7) is 2.72. The van der Waals surface area contributed by atoms with Crippen LogP contribution in [0.4, 0.5) is 0 Å². The Morgan fingerprint density at radius 3 is 2.00 bits per heavy atom. The van der Waals surface area contributed by atoms with Gasteiger partial charge in [0.15, 0.2) is 0 Å². The van der Waals surface area contributed by atoms with E-state index in [0.29, 0.717) is 0 Å². The average molecular weight is 189 g/mol. The number of fused-ring (bicyclic) bond motifs is 1. The maximum absolute atomic E-state index is 2.72. The Bertz CT molecular complexity index is 240. The summed E-state index contributed by atoms with van der Waals surface area (Å²) in [6, 6.07) is 0.889. The summed E-state index contributed by atoms with van der Waals surface area (Å²) in [5, 5.41) is 0. The Labute approximate surface area is 86.5 Å². The second-order valence-electron chi connectivity index (χ2n) is 4.97. The van der Waals surface area contributed by atoms with E-state index in [2.05, 4.69) is 29.2 Å². The van der Waals surface area contributed by atoms with Crippen LogP contribution in [0.15, 0.2) is 24.3 Å². The highest BCUT2D eigenvalue weighted by Gasteiger charge is 2.35. The zero-order valence-electron chi connectivity index (χ0n) is 8.73. The van der Waals surface area contributed by atoms with Crippen molar-refractivity contribution in [1.82, 2.24) is 4.90 Å². The van der Waals surface area contributed by atoms with Gasteiger partial charge in [-0.15, -0.1) is 0 Å². The highest BCUT2D eigenvalue weighted by Crippen LogP contribution is 2.39. The molecule has 0 aromatic carbocycles. The van der Waals surface area contributed by atoms with Gasteiger partial charge >= 0.3 is 0 Å². The highest BCUT2D eigenvalue weighted by molar-refractivity contribution is 5.17. The molecule has 0 bridgehead atoms. The van der Waals surface area contributed by atoms with E-state index in [9.17, 15) is 0 Å². The van der Waals surface area contributed by atoms with Crippen molar-refractivity contribution < 1.29 is 0 Å². The molecule has 2 atom stereocenters. The normalized spacial score (nSPS) is 41.9. The lowest BCUT2D eigenvalue weighted by atomic mass is 9.92. The number of likely N-dealkylation sites (tertiary alicyclic amines) is 1. The summed E-state index contributed by atoms with van der Waals surface area (Å²) in [6.07, 6.45) is 15.0. The third-order valence-corrected chi connectivity index (χ3v) is 4.12. The molecule has 1 aliphatic heterocycles. The van der Waals surface area contributed by atoms with Gasteiger partial charge in [-0.05, 0) is 50.6 Å². The first-order valence-electron chi connectivity index (χ1n) is 6.02. The predicted octanol–water partition coefficient (Wildman–Crippen LogP) is 2.60. The summed E-state index contributed by atoms with van der Waals surface area (Å²) in [7, 11) is 0. The van der Waals surface area contributed by atoms with E-state index in [1.807, 2.05) is 0 Å². The Hall–Kier alpha value is -0.560. The Morgan fingerprint density at radius 2 is 1.43 bits per heavy atom. The fourth-order valence-corrected chi connectivity index (χ4v) is 3.34. The maximum Gasteiger partial charge on any atom is 0.0107 e. The van der Waals surface area contributed by atoms with Crippen LogP contribution < -0.4 is 0 Å². The molecule has 0 amide bonds. The van der Waals surface area contributed by atoms with Gasteiger partial charge in [-0.3, -0.25) is 0 Å². The minimum absolute atomic E-state index is 0.852. The van der Waals surface area contributed by atoms with Crippen molar-refractivity contribution >= 4 is 0 Å². The van der Waals surface area contributed by atoms with Crippen LogP contribution >= 0.6 is 0 Å². The molecule has 0 aromatic rings. The topological polar surface area (TPSA) is 3.24 Å². The van der Waals surface area contributed by atoms with Gasteiger partial charge in [-0.1, -0.05) is 24.3 Å². The monoisotopic (exact) mass is 189 g/mol. The maximum atomic E-state index is 2.72. The van der Waals surface area contributed by atoms with Crippen LogP contribution in [0.3, 0.4) is 0 Å². The SMILES string of the molecule is C1=CC2CC(N3CCCC3)CC2C=C1. The van der Waals surface area contributed by atoms with E-state index in [4.69, 9.17) is 0 Å².